The van der Waals surface area contributed by atoms with Crippen LogP contribution >= 0.6 is 34.8 Å². The van der Waals surface area contributed by atoms with E-state index in [-0.39, 0.29) is 39.2 Å². The Morgan fingerprint density at radius 2 is 1.65 bits per heavy atom. The first kappa shape index (κ1) is 29.4. The molecule has 1 fully saturated rings. The van der Waals surface area contributed by atoms with Crippen LogP contribution in [0.3, 0.4) is 0 Å². The number of rotatable bonds is 10. The molecule has 2 amide bonds. The lowest BCUT2D eigenvalue weighted by Crippen LogP contribution is -2.52. The molecule has 0 heterocycles. The summed E-state index contributed by atoms with van der Waals surface area (Å²) in [6, 6.07) is 8.88. The number of benzene rings is 2. The van der Waals surface area contributed by atoms with E-state index in [0.29, 0.717) is 5.75 Å². The summed E-state index contributed by atoms with van der Waals surface area (Å²) in [5, 5.41) is 3.26. The number of carbonyl (C=O) groups excluding carboxylic acids is 2. The molecule has 1 N–H and O–H groups in total. The molecular formula is C25H30Cl3N3O5S. The van der Waals surface area contributed by atoms with Gasteiger partial charge in [0.25, 0.3) is 0 Å². The topological polar surface area (TPSA) is 96.0 Å². The number of hydrogen-bond acceptors (Lipinski definition) is 5. The van der Waals surface area contributed by atoms with Crippen molar-refractivity contribution in [2.45, 2.75) is 51.2 Å². The third kappa shape index (κ3) is 7.66. The molecule has 0 bridgehead atoms. The van der Waals surface area contributed by atoms with Crippen LogP contribution < -0.4 is 14.4 Å². The van der Waals surface area contributed by atoms with E-state index in [0.717, 1.165) is 41.8 Å². The first-order valence-corrected chi connectivity index (χ1v) is 14.7. The van der Waals surface area contributed by atoms with Crippen molar-refractivity contribution in [2.24, 2.45) is 0 Å². The Kier molecular flexibility index (Phi) is 9.97. The molecule has 0 radical (unpaired) electrons. The molecule has 2 aromatic rings. The SMILES string of the molecule is COc1ccc(CN(C(=O)CN(c2cc(Cl)c(Cl)cc2Cl)S(C)(=O)=O)C(C)C(=O)NC2CCCC2)cc1. The quantitative estimate of drug-likeness (QED) is 0.397. The maximum Gasteiger partial charge on any atom is 0.244 e. The number of carbonyl (C=O) groups is 2. The Morgan fingerprint density at radius 1 is 1.05 bits per heavy atom. The summed E-state index contributed by atoms with van der Waals surface area (Å²) in [5.41, 5.74) is 0.757. The molecule has 1 aliphatic carbocycles. The van der Waals surface area contributed by atoms with E-state index >= 15 is 0 Å². The lowest BCUT2D eigenvalue weighted by Gasteiger charge is -2.32. The van der Waals surface area contributed by atoms with E-state index in [1.807, 2.05) is 0 Å². The Hall–Kier alpha value is -2.20. The highest BCUT2D eigenvalue weighted by atomic mass is 35.5. The predicted octanol–water partition coefficient (Wildman–Crippen LogP) is 4.90. The number of sulfonamides is 1. The predicted molar refractivity (Wildman–Crippen MR) is 147 cm³/mol. The maximum absolute atomic E-state index is 13.7. The molecule has 1 saturated carbocycles. The van der Waals surface area contributed by atoms with Crippen molar-refractivity contribution in [1.29, 1.82) is 0 Å². The lowest BCUT2D eigenvalue weighted by atomic mass is 10.1. The fourth-order valence-corrected chi connectivity index (χ4v) is 5.75. The van der Waals surface area contributed by atoms with Gasteiger partial charge in [-0.15, -0.1) is 0 Å². The zero-order valence-corrected chi connectivity index (χ0v) is 23.9. The zero-order chi connectivity index (χ0) is 27.3. The Morgan fingerprint density at radius 3 is 2.22 bits per heavy atom. The van der Waals surface area contributed by atoms with E-state index in [1.165, 1.54) is 17.0 Å². The third-order valence-corrected chi connectivity index (χ3v) is 8.47. The number of nitrogens with one attached hydrogen (secondary N) is 1. The third-order valence-electron chi connectivity index (χ3n) is 6.32. The van der Waals surface area contributed by atoms with Crippen molar-refractivity contribution in [3.63, 3.8) is 0 Å². The van der Waals surface area contributed by atoms with Gasteiger partial charge in [0.05, 0.1) is 34.1 Å². The van der Waals surface area contributed by atoms with Crippen LogP contribution in [0.1, 0.15) is 38.2 Å². The van der Waals surface area contributed by atoms with E-state index in [2.05, 4.69) is 5.32 Å². The highest BCUT2D eigenvalue weighted by Crippen LogP contribution is 2.35. The fraction of sp³-hybridized carbons (Fsp3) is 0.440. The molecule has 0 aliphatic heterocycles. The van der Waals surface area contributed by atoms with Gasteiger partial charge < -0.3 is 15.0 Å². The first-order chi connectivity index (χ1) is 17.4. The number of ether oxygens (including phenoxy) is 1. The summed E-state index contributed by atoms with van der Waals surface area (Å²) in [6.07, 6.45) is 4.83. The van der Waals surface area contributed by atoms with E-state index < -0.39 is 28.5 Å². The van der Waals surface area contributed by atoms with Crippen LogP contribution in [0.2, 0.25) is 15.1 Å². The molecule has 8 nitrogen and oxygen atoms in total. The molecule has 0 aromatic heterocycles. The summed E-state index contributed by atoms with van der Waals surface area (Å²) < 4.78 is 31.5. The molecule has 2 aromatic carbocycles. The van der Waals surface area contributed by atoms with Crippen LogP contribution in [-0.4, -0.2) is 57.1 Å². The highest BCUT2D eigenvalue weighted by Gasteiger charge is 2.32. The van der Waals surface area contributed by atoms with Crippen LogP contribution in [0.5, 0.6) is 5.75 Å². The van der Waals surface area contributed by atoms with Crippen LogP contribution in [-0.2, 0) is 26.2 Å². The van der Waals surface area contributed by atoms with Crippen LogP contribution in [0.15, 0.2) is 36.4 Å². The number of hydrogen-bond donors (Lipinski definition) is 1. The minimum atomic E-state index is -3.96. The lowest BCUT2D eigenvalue weighted by molar-refractivity contribution is -0.139. The van der Waals surface area contributed by atoms with E-state index in [1.54, 1.807) is 38.3 Å². The number of amides is 2. The molecule has 0 spiro atoms. The normalized spacial score (nSPS) is 14.8. The number of anilines is 1. The van der Waals surface area contributed by atoms with Gasteiger partial charge in [-0.1, -0.05) is 59.8 Å². The highest BCUT2D eigenvalue weighted by molar-refractivity contribution is 7.92. The van der Waals surface area contributed by atoms with Gasteiger partial charge in [-0.05, 0) is 49.6 Å². The molecule has 0 saturated heterocycles. The first-order valence-electron chi connectivity index (χ1n) is 11.8. The van der Waals surface area contributed by atoms with E-state index in [4.69, 9.17) is 39.5 Å². The van der Waals surface area contributed by atoms with Crippen molar-refractivity contribution in [1.82, 2.24) is 10.2 Å². The monoisotopic (exact) mass is 589 g/mol. The van der Waals surface area contributed by atoms with Crippen LogP contribution in [0.25, 0.3) is 0 Å². The molecule has 1 unspecified atom stereocenters. The average molecular weight is 591 g/mol. The van der Waals surface area contributed by atoms with Gasteiger partial charge in [-0.25, -0.2) is 8.42 Å². The van der Waals surface area contributed by atoms with Gasteiger partial charge in [-0.3, -0.25) is 13.9 Å². The summed E-state index contributed by atoms with van der Waals surface area (Å²) in [6.45, 7) is 1.12. The largest absolute Gasteiger partial charge is 0.497 e. The number of halogens is 3. The van der Waals surface area contributed by atoms with Gasteiger partial charge in [0, 0.05) is 12.6 Å². The standard InChI is InChI=1S/C25H30Cl3N3O5S/c1-16(25(33)29-18-6-4-5-7-18)30(14-17-8-10-19(36-2)11-9-17)24(32)15-31(37(3,34)35)23-13-21(27)20(26)12-22(23)28/h8-13,16,18H,4-7,14-15H2,1-3H3,(H,29,33). The Bertz CT molecular complexity index is 1230. The van der Waals surface area contributed by atoms with Crippen molar-refractivity contribution in [3.05, 3.63) is 57.0 Å². The summed E-state index contributed by atoms with van der Waals surface area (Å²) >= 11 is 18.4. The van der Waals surface area contributed by atoms with Crippen LogP contribution in [0.4, 0.5) is 5.69 Å². The van der Waals surface area contributed by atoms with Crippen LogP contribution in [0, 0.1) is 0 Å². The Labute approximate surface area is 232 Å². The minimum Gasteiger partial charge on any atom is -0.497 e. The van der Waals surface area contributed by atoms with Crippen molar-refractivity contribution < 1.29 is 22.7 Å². The second-order valence-electron chi connectivity index (χ2n) is 9.02. The van der Waals surface area contributed by atoms with Gasteiger partial charge >= 0.3 is 0 Å². The molecule has 3 rings (SSSR count). The summed E-state index contributed by atoms with van der Waals surface area (Å²) in [7, 11) is -2.41. The second-order valence-corrected chi connectivity index (χ2v) is 12.2. The van der Waals surface area contributed by atoms with Crippen molar-refractivity contribution in [2.75, 3.05) is 24.2 Å². The Balaban J connectivity index is 1.92. The van der Waals surface area contributed by atoms with Gasteiger partial charge in [0.15, 0.2) is 0 Å². The van der Waals surface area contributed by atoms with Crippen molar-refractivity contribution >= 4 is 62.3 Å². The molecule has 37 heavy (non-hydrogen) atoms. The van der Waals surface area contributed by atoms with Gasteiger partial charge in [0.1, 0.15) is 18.3 Å². The fourth-order valence-electron chi connectivity index (χ4n) is 4.20. The molecular weight excluding hydrogens is 561 g/mol. The second kappa shape index (κ2) is 12.6. The molecule has 12 heteroatoms. The summed E-state index contributed by atoms with van der Waals surface area (Å²) in [5.74, 6) is -0.240. The van der Waals surface area contributed by atoms with Gasteiger partial charge in [0.2, 0.25) is 21.8 Å². The number of methoxy groups -OCH3 is 1. The zero-order valence-electron chi connectivity index (χ0n) is 20.8. The average Bonchev–Trinajstić information content (AvgIpc) is 3.35. The van der Waals surface area contributed by atoms with E-state index in [9.17, 15) is 18.0 Å². The smallest absolute Gasteiger partial charge is 0.244 e. The maximum atomic E-state index is 13.7. The molecule has 202 valence electrons. The molecule has 1 atom stereocenters. The number of nitrogens with zero attached hydrogens (tertiary/aromatic N) is 2. The summed E-state index contributed by atoms with van der Waals surface area (Å²) in [4.78, 5) is 28.1. The molecule has 1 aliphatic rings. The van der Waals surface area contributed by atoms with Gasteiger partial charge in [-0.2, -0.15) is 0 Å². The minimum absolute atomic E-state index is 0.0133. The van der Waals surface area contributed by atoms with Crippen molar-refractivity contribution in [3.8, 4) is 5.75 Å².